The van der Waals surface area contributed by atoms with E-state index < -0.39 is 0 Å². The minimum Gasteiger partial charge on any atom is -0.361 e. The van der Waals surface area contributed by atoms with Crippen LogP contribution in [0.25, 0.3) is 10.9 Å². The molecule has 0 atom stereocenters. The lowest BCUT2D eigenvalue weighted by Gasteiger charge is -2.03. The number of nitrogens with two attached hydrogens (primary N) is 1. The molecule has 0 bridgehead atoms. The molecule has 1 aromatic heterocycles. The van der Waals surface area contributed by atoms with Crippen LogP contribution < -0.4 is 11.3 Å². The van der Waals surface area contributed by atoms with Crippen LogP contribution in [-0.4, -0.2) is 17.3 Å². The van der Waals surface area contributed by atoms with Crippen LogP contribution in [-0.2, 0) is 6.42 Å². The molecule has 0 aliphatic carbocycles. The number of aromatic amines is 1. The summed E-state index contributed by atoms with van der Waals surface area (Å²) in [4.78, 5) is 15.7. The van der Waals surface area contributed by atoms with Crippen LogP contribution in [0.5, 0.6) is 0 Å². The molecule has 0 fully saturated rings. The second-order valence-corrected chi connectivity index (χ2v) is 4.97. The van der Waals surface area contributed by atoms with E-state index in [0.717, 1.165) is 22.9 Å². The van der Waals surface area contributed by atoms with Crippen molar-refractivity contribution in [2.45, 2.75) is 6.42 Å². The maximum atomic E-state index is 12.5. The molecule has 21 heavy (non-hydrogen) atoms. The highest BCUT2D eigenvalue weighted by Gasteiger charge is 2.11. The molecule has 0 amide bonds. The summed E-state index contributed by atoms with van der Waals surface area (Å²) >= 11 is 0. The smallest absolute Gasteiger partial charge is 0.193 e. The molecule has 2 aromatic carbocycles. The van der Waals surface area contributed by atoms with Gasteiger partial charge in [0.05, 0.1) is 0 Å². The second-order valence-electron chi connectivity index (χ2n) is 4.97. The van der Waals surface area contributed by atoms with E-state index in [1.807, 2.05) is 54.7 Å². The van der Waals surface area contributed by atoms with Crippen molar-refractivity contribution in [1.82, 2.24) is 10.4 Å². The van der Waals surface area contributed by atoms with Crippen molar-refractivity contribution in [3.8, 4) is 0 Å². The van der Waals surface area contributed by atoms with Crippen molar-refractivity contribution in [1.29, 1.82) is 0 Å². The number of ketones is 1. The van der Waals surface area contributed by atoms with E-state index in [4.69, 9.17) is 5.84 Å². The van der Waals surface area contributed by atoms with E-state index in [1.54, 1.807) is 0 Å². The molecule has 0 saturated heterocycles. The Morgan fingerprint density at radius 2 is 1.90 bits per heavy atom. The lowest BCUT2D eigenvalue weighted by molar-refractivity contribution is 0.103. The number of hydrogen-bond donors (Lipinski definition) is 3. The summed E-state index contributed by atoms with van der Waals surface area (Å²) in [6.07, 6.45) is 2.79. The van der Waals surface area contributed by atoms with Gasteiger partial charge in [0.2, 0.25) is 0 Å². The van der Waals surface area contributed by atoms with Gasteiger partial charge in [0.25, 0.3) is 0 Å². The molecule has 3 rings (SSSR count). The summed E-state index contributed by atoms with van der Waals surface area (Å²) in [5.74, 6) is 5.37. The Bertz CT molecular complexity index is 762. The average Bonchev–Trinajstić information content (AvgIpc) is 2.95. The minimum absolute atomic E-state index is 0.0431. The molecular weight excluding hydrogens is 262 g/mol. The van der Waals surface area contributed by atoms with E-state index in [1.165, 1.54) is 0 Å². The number of nitrogens with one attached hydrogen (secondary N) is 2. The molecule has 0 unspecified atom stereocenters. The van der Waals surface area contributed by atoms with Gasteiger partial charge in [-0.05, 0) is 30.2 Å². The Labute approximate surface area is 122 Å². The highest BCUT2D eigenvalue weighted by atomic mass is 16.1. The number of carbonyl (C=O) groups excluding carboxylic acids is 1. The highest BCUT2D eigenvalue weighted by molar-refractivity contribution is 6.10. The summed E-state index contributed by atoms with van der Waals surface area (Å²) in [5.41, 5.74) is 6.26. The first-order valence-electron chi connectivity index (χ1n) is 6.93. The molecule has 1 heterocycles. The number of aromatic nitrogens is 1. The molecule has 4 nitrogen and oxygen atoms in total. The van der Waals surface area contributed by atoms with Crippen molar-refractivity contribution in [3.63, 3.8) is 0 Å². The zero-order valence-corrected chi connectivity index (χ0v) is 11.6. The van der Waals surface area contributed by atoms with Crippen molar-refractivity contribution < 1.29 is 4.79 Å². The van der Waals surface area contributed by atoms with E-state index in [9.17, 15) is 4.79 Å². The van der Waals surface area contributed by atoms with Gasteiger partial charge < -0.3 is 4.98 Å². The van der Waals surface area contributed by atoms with Gasteiger partial charge in [-0.3, -0.25) is 16.1 Å². The zero-order chi connectivity index (χ0) is 14.7. The van der Waals surface area contributed by atoms with Crippen LogP contribution in [0.2, 0.25) is 0 Å². The van der Waals surface area contributed by atoms with Crippen LogP contribution in [0, 0.1) is 0 Å². The van der Waals surface area contributed by atoms with Gasteiger partial charge in [-0.1, -0.05) is 30.3 Å². The molecular formula is C17H17N3O. The third-order valence-electron chi connectivity index (χ3n) is 3.60. The Kier molecular flexibility index (Phi) is 3.81. The number of benzene rings is 2. The number of H-pyrrole nitrogens is 1. The standard InChI is InChI=1S/C17H17N3O/c18-20-9-8-14-11-19-16-7-6-13(10-15(14)16)17(21)12-4-2-1-3-5-12/h1-7,10-11,19-20H,8-9,18H2. The van der Waals surface area contributed by atoms with Gasteiger partial charge in [0.15, 0.2) is 5.78 Å². The predicted octanol–water partition coefficient (Wildman–Crippen LogP) is 2.40. The van der Waals surface area contributed by atoms with Crippen LogP contribution in [0.4, 0.5) is 0 Å². The molecule has 106 valence electrons. The average molecular weight is 279 g/mol. The highest BCUT2D eigenvalue weighted by Crippen LogP contribution is 2.21. The van der Waals surface area contributed by atoms with E-state index in [2.05, 4.69) is 10.4 Å². The first-order chi connectivity index (χ1) is 10.3. The van der Waals surface area contributed by atoms with Gasteiger partial charge >= 0.3 is 0 Å². The van der Waals surface area contributed by atoms with Gasteiger partial charge in [-0.15, -0.1) is 0 Å². The number of rotatable bonds is 5. The first kappa shape index (κ1) is 13.5. The summed E-state index contributed by atoms with van der Waals surface area (Å²) in [6, 6.07) is 15.1. The molecule has 0 spiro atoms. The fraction of sp³-hybridized carbons (Fsp3) is 0.118. The second kappa shape index (κ2) is 5.91. The number of hydrazine groups is 1. The maximum absolute atomic E-state index is 12.5. The zero-order valence-electron chi connectivity index (χ0n) is 11.6. The molecule has 0 radical (unpaired) electrons. The van der Waals surface area contributed by atoms with Gasteiger partial charge in [0.1, 0.15) is 0 Å². The number of carbonyl (C=O) groups is 1. The Morgan fingerprint density at radius 3 is 2.67 bits per heavy atom. The molecule has 3 aromatic rings. The summed E-state index contributed by atoms with van der Waals surface area (Å²) in [7, 11) is 0. The predicted molar refractivity (Wildman–Crippen MR) is 84.1 cm³/mol. The van der Waals surface area contributed by atoms with Crippen LogP contribution in [0.1, 0.15) is 21.5 Å². The minimum atomic E-state index is 0.0431. The maximum Gasteiger partial charge on any atom is 0.193 e. The first-order valence-corrected chi connectivity index (χ1v) is 6.93. The van der Waals surface area contributed by atoms with Crippen molar-refractivity contribution in [2.75, 3.05) is 6.54 Å². The Hall–Kier alpha value is -2.43. The fourth-order valence-electron chi connectivity index (χ4n) is 2.49. The lowest BCUT2D eigenvalue weighted by atomic mass is 10.0. The summed E-state index contributed by atoms with van der Waals surface area (Å²) < 4.78 is 0. The summed E-state index contributed by atoms with van der Waals surface area (Å²) in [5, 5.41) is 1.08. The van der Waals surface area contributed by atoms with Crippen LogP contribution in [0.15, 0.2) is 54.7 Å². The van der Waals surface area contributed by atoms with Gasteiger partial charge in [0, 0.05) is 34.8 Å². The van der Waals surface area contributed by atoms with Gasteiger partial charge in [-0.2, -0.15) is 0 Å². The third kappa shape index (κ3) is 2.72. The lowest BCUT2D eigenvalue weighted by Crippen LogP contribution is -2.24. The molecule has 4 N–H and O–H groups in total. The topological polar surface area (TPSA) is 70.9 Å². The van der Waals surface area contributed by atoms with Crippen molar-refractivity contribution in [2.24, 2.45) is 5.84 Å². The molecule has 4 heteroatoms. The normalized spacial score (nSPS) is 10.9. The summed E-state index contributed by atoms with van der Waals surface area (Å²) in [6.45, 7) is 0.698. The fourth-order valence-corrected chi connectivity index (χ4v) is 2.49. The van der Waals surface area contributed by atoms with Crippen molar-refractivity contribution in [3.05, 3.63) is 71.4 Å². The van der Waals surface area contributed by atoms with E-state index in [-0.39, 0.29) is 5.78 Å². The largest absolute Gasteiger partial charge is 0.361 e. The van der Waals surface area contributed by atoms with Crippen molar-refractivity contribution >= 4 is 16.7 Å². The molecule has 0 aliphatic heterocycles. The number of fused-ring (bicyclic) bond motifs is 1. The number of hydrogen-bond acceptors (Lipinski definition) is 3. The van der Waals surface area contributed by atoms with Crippen LogP contribution >= 0.6 is 0 Å². The van der Waals surface area contributed by atoms with E-state index in [0.29, 0.717) is 17.7 Å². The Balaban J connectivity index is 1.98. The SMILES string of the molecule is NNCCc1c[nH]c2ccc(C(=O)c3ccccc3)cc12. The third-order valence-corrected chi connectivity index (χ3v) is 3.60. The molecule has 0 saturated carbocycles. The van der Waals surface area contributed by atoms with Crippen LogP contribution in [0.3, 0.4) is 0 Å². The molecule has 0 aliphatic rings. The van der Waals surface area contributed by atoms with Gasteiger partial charge in [-0.25, -0.2) is 0 Å². The van der Waals surface area contributed by atoms with E-state index >= 15 is 0 Å². The monoisotopic (exact) mass is 279 g/mol. The quantitative estimate of drug-likeness (QED) is 0.381. The Morgan fingerprint density at radius 1 is 1.10 bits per heavy atom.